The van der Waals surface area contributed by atoms with Gasteiger partial charge in [0.15, 0.2) is 0 Å². The van der Waals surface area contributed by atoms with E-state index < -0.39 is 5.54 Å². The lowest BCUT2D eigenvalue weighted by molar-refractivity contribution is 0.476. The van der Waals surface area contributed by atoms with Crippen molar-refractivity contribution in [2.75, 3.05) is 0 Å². The Hall–Kier alpha value is -0.610. The molecule has 0 bridgehead atoms. The van der Waals surface area contributed by atoms with Gasteiger partial charge in [0.1, 0.15) is 0 Å². The number of halogens is 3. The minimum atomic E-state index is -0.558. The zero-order valence-corrected chi connectivity index (χ0v) is 13.4. The van der Waals surface area contributed by atoms with Crippen LogP contribution in [0.5, 0.6) is 0 Å². The number of nitrogens with two attached hydrogens (primary N) is 1. The van der Waals surface area contributed by atoms with E-state index in [4.69, 9.17) is 28.9 Å². The molecule has 0 aliphatic heterocycles. The van der Waals surface area contributed by atoms with Crippen molar-refractivity contribution in [3.8, 4) is 0 Å². The fourth-order valence-electron chi connectivity index (χ4n) is 1.88. The lowest BCUT2D eigenvalue weighted by Crippen LogP contribution is -2.36. The zero-order chi connectivity index (χ0) is 14.0. The van der Waals surface area contributed by atoms with Crippen molar-refractivity contribution in [1.82, 2.24) is 4.98 Å². The molecule has 0 aliphatic rings. The summed E-state index contributed by atoms with van der Waals surface area (Å²) in [6, 6.07) is 9.40. The smallest absolute Gasteiger partial charge is 0.0603 e. The molecule has 0 saturated carbocycles. The molecule has 2 nitrogen and oxygen atoms in total. The Labute approximate surface area is 131 Å². The van der Waals surface area contributed by atoms with Gasteiger partial charge >= 0.3 is 0 Å². The Morgan fingerprint density at radius 1 is 1.21 bits per heavy atom. The average Bonchev–Trinajstić information content (AvgIpc) is 2.34. The number of aromatic nitrogens is 1. The number of pyridine rings is 1. The largest absolute Gasteiger partial charge is 0.320 e. The van der Waals surface area contributed by atoms with E-state index in [1.165, 1.54) is 0 Å². The third-order valence-corrected chi connectivity index (χ3v) is 4.08. The Bertz CT molecular complexity index is 582. The molecule has 1 aromatic heterocycles. The highest BCUT2D eigenvalue weighted by Gasteiger charge is 2.23. The first-order valence-corrected chi connectivity index (χ1v) is 7.28. The molecule has 1 atom stereocenters. The molecule has 0 spiro atoms. The van der Waals surface area contributed by atoms with Crippen LogP contribution in [0.3, 0.4) is 0 Å². The maximum absolute atomic E-state index is 6.35. The highest BCUT2D eigenvalue weighted by molar-refractivity contribution is 9.10. The van der Waals surface area contributed by atoms with E-state index in [0.29, 0.717) is 16.5 Å². The summed E-state index contributed by atoms with van der Waals surface area (Å²) in [7, 11) is 0. The lowest BCUT2D eigenvalue weighted by Gasteiger charge is -2.24. The van der Waals surface area contributed by atoms with Crippen LogP contribution in [0.2, 0.25) is 10.0 Å². The summed E-state index contributed by atoms with van der Waals surface area (Å²) in [5.74, 6) is 0. The second-order valence-corrected chi connectivity index (χ2v) is 6.43. The first kappa shape index (κ1) is 14.8. The Morgan fingerprint density at radius 2 is 1.95 bits per heavy atom. The van der Waals surface area contributed by atoms with Gasteiger partial charge in [0.2, 0.25) is 0 Å². The normalized spacial score (nSPS) is 14.2. The number of benzene rings is 1. The summed E-state index contributed by atoms with van der Waals surface area (Å²) in [4.78, 5) is 4.36. The second-order valence-electron chi connectivity index (χ2n) is 4.70. The van der Waals surface area contributed by atoms with Gasteiger partial charge in [-0.2, -0.15) is 0 Å². The van der Waals surface area contributed by atoms with Gasteiger partial charge in [-0.15, -0.1) is 0 Å². The number of hydrogen-bond donors (Lipinski definition) is 1. The molecule has 5 heteroatoms. The van der Waals surface area contributed by atoms with E-state index in [9.17, 15) is 0 Å². The van der Waals surface area contributed by atoms with Crippen molar-refractivity contribution in [3.63, 3.8) is 0 Å². The van der Waals surface area contributed by atoms with Crippen LogP contribution in [-0.2, 0) is 12.0 Å². The van der Waals surface area contributed by atoms with Gasteiger partial charge in [-0.1, -0.05) is 29.3 Å². The monoisotopic (exact) mass is 358 g/mol. The molecular weight excluding hydrogens is 347 g/mol. The van der Waals surface area contributed by atoms with E-state index in [1.807, 2.05) is 31.2 Å². The van der Waals surface area contributed by atoms with Crippen LogP contribution in [0.1, 0.15) is 18.2 Å². The predicted octanol–water partition coefficient (Wildman–Crippen LogP) is 4.57. The van der Waals surface area contributed by atoms with Crippen LogP contribution in [0.15, 0.2) is 41.0 Å². The second kappa shape index (κ2) is 5.80. The van der Waals surface area contributed by atoms with E-state index in [2.05, 4.69) is 20.9 Å². The standard InChI is InChI=1S/C14H13BrCl2N2/c1-14(18,13-5-3-10(15)8-19-13)7-9-2-4-11(16)12(17)6-9/h2-6,8H,7,18H2,1H3. The number of rotatable bonds is 3. The summed E-state index contributed by atoms with van der Waals surface area (Å²) < 4.78 is 0.932. The topological polar surface area (TPSA) is 38.9 Å². The first-order chi connectivity index (χ1) is 8.88. The third-order valence-electron chi connectivity index (χ3n) is 2.87. The fourth-order valence-corrected chi connectivity index (χ4v) is 2.43. The molecule has 0 radical (unpaired) electrons. The first-order valence-electron chi connectivity index (χ1n) is 5.73. The molecule has 2 N–H and O–H groups in total. The SMILES string of the molecule is CC(N)(Cc1ccc(Cl)c(Cl)c1)c1ccc(Br)cn1. The molecule has 0 saturated heterocycles. The fraction of sp³-hybridized carbons (Fsp3) is 0.214. The Kier molecular flexibility index (Phi) is 4.51. The van der Waals surface area contributed by atoms with Crippen LogP contribution in [0.4, 0.5) is 0 Å². The van der Waals surface area contributed by atoms with Crippen molar-refractivity contribution < 1.29 is 0 Å². The zero-order valence-electron chi connectivity index (χ0n) is 10.3. The average molecular weight is 360 g/mol. The van der Waals surface area contributed by atoms with E-state index >= 15 is 0 Å². The number of nitrogens with zero attached hydrogens (tertiary/aromatic N) is 1. The van der Waals surface area contributed by atoms with E-state index in [-0.39, 0.29) is 0 Å². The maximum atomic E-state index is 6.35. The molecule has 2 rings (SSSR count). The molecule has 1 aromatic carbocycles. The maximum Gasteiger partial charge on any atom is 0.0603 e. The number of hydrogen-bond acceptors (Lipinski definition) is 2. The third kappa shape index (κ3) is 3.69. The van der Waals surface area contributed by atoms with Crippen molar-refractivity contribution in [3.05, 3.63) is 62.3 Å². The minimum absolute atomic E-state index is 0.540. The highest BCUT2D eigenvalue weighted by Crippen LogP contribution is 2.27. The molecule has 0 aliphatic carbocycles. The molecule has 1 heterocycles. The Morgan fingerprint density at radius 3 is 2.53 bits per heavy atom. The van der Waals surface area contributed by atoms with E-state index in [0.717, 1.165) is 15.7 Å². The van der Waals surface area contributed by atoms with Crippen LogP contribution in [-0.4, -0.2) is 4.98 Å². The van der Waals surface area contributed by atoms with Crippen LogP contribution in [0, 0.1) is 0 Å². The van der Waals surface area contributed by atoms with Crippen molar-refractivity contribution in [2.45, 2.75) is 18.9 Å². The van der Waals surface area contributed by atoms with Gasteiger partial charge in [-0.25, -0.2) is 0 Å². The van der Waals surface area contributed by atoms with Gasteiger partial charge < -0.3 is 5.73 Å². The van der Waals surface area contributed by atoms with Crippen molar-refractivity contribution >= 4 is 39.1 Å². The summed E-state index contributed by atoms with van der Waals surface area (Å²) in [5.41, 5.74) is 7.66. The summed E-state index contributed by atoms with van der Waals surface area (Å²) in [6.07, 6.45) is 2.38. The molecule has 1 unspecified atom stereocenters. The van der Waals surface area contributed by atoms with Crippen LogP contribution >= 0.6 is 39.1 Å². The summed E-state index contributed by atoms with van der Waals surface area (Å²) >= 11 is 15.3. The van der Waals surface area contributed by atoms with Gasteiger partial charge in [0, 0.05) is 10.7 Å². The van der Waals surface area contributed by atoms with Gasteiger partial charge in [0.05, 0.1) is 21.3 Å². The summed E-state index contributed by atoms with van der Waals surface area (Å²) in [5, 5.41) is 1.09. The van der Waals surface area contributed by atoms with Gasteiger partial charge in [-0.05, 0) is 59.1 Å². The van der Waals surface area contributed by atoms with Crippen LogP contribution in [0.25, 0.3) is 0 Å². The summed E-state index contributed by atoms with van der Waals surface area (Å²) in [6.45, 7) is 1.95. The lowest BCUT2D eigenvalue weighted by atomic mass is 9.90. The minimum Gasteiger partial charge on any atom is -0.320 e. The molecule has 0 fully saturated rings. The Balaban J connectivity index is 2.25. The molecular formula is C14H13BrCl2N2. The quantitative estimate of drug-likeness (QED) is 0.871. The van der Waals surface area contributed by atoms with Crippen molar-refractivity contribution in [2.24, 2.45) is 5.73 Å². The molecule has 19 heavy (non-hydrogen) atoms. The molecule has 2 aromatic rings. The molecule has 100 valence electrons. The van der Waals surface area contributed by atoms with Gasteiger partial charge in [0.25, 0.3) is 0 Å². The van der Waals surface area contributed by atoms with Crippen molar-refractivity contribution in [1.29, 1.82) is 0 Å². The predicted molar refractivity (Wildman–Crippen MR) is 83.6 cm³/mol. The highest BCUT2D eigenvalue weighted by atomic mass is 79.9. The molecule has 0 amide bonds. The van der Waals surface area contributed by atoms with E-state index in [1.54, 1.807) is 12.3 Å². The van der Waals surface area contributed by atoms with Crippen LogP contribution < -0.4 is 5.73 Å². The van der Waals surface area contributed by atoms with Gasteiger partial charge in [-0.3, -0.25) is 4.98 Å².